The van der Waals surface area contributed by atoms with E-state index in [-0.39, 0.29) is 0 Å². The van der Waals surface area contributed by atoms with Gasteiger partial charge in [0.25, 0.3) is 0 Å². The number of unbranched alkanes of at least 4 members (excludes halogenated alkanes) is 1. The molecular weight excluding hydrogens is 226 g/mol. The third-order valence-electron chi connectivity index (χ3n) is 2.64. The van der Waals surface area contributed by atoms with E-state index in [0.29, 0.717) is 0 Å². The van der Waals surface area contributed by atoms with Gasteiger partial charge in [0.1, 0.15) is 0 Å². The molecule has 0 heterocycles. The smallest absolute Gasteiger partial charge is 0.0451 e. The fourth-order valence-corrected chi connectivity index (χ4v) is 1.79. The van der Waals surface area contributed by atoms with Crippen LogP contribution in [0, 0.1) is 0 Å². The molecule has 0 aliphatic heterocycles. The second kappa shape index (κ2) is 9.29. The quantitative estimate of drug-likeness (QED) is 0.372. The van der Waals surface area contributed by atoms with Crippen LogP contribution in [0.25, 0.3) is 0 Å². The molecule has 96 valence electrons. The molecule has 2 heteroatoms. The number of thiol groups is 1. The molecule has 0 aromatic heterocycles. The van der Waals surface area contributed by atoms with Gasteiger partial charge >= 0.3 is 0 Å². The van der Waals surface area contributed by atoms with Gasteiger partial charge in [0.15, 0.2) is 0 Å². The van der Waals surface area contributed by atoms with Crippen molar-refractivity contribution in [2.75, 3.05) is 0 Å². The Morgan fingerprint density at radius 1 is 1.24 bits per heavy atom. The molecule has 0 fully saturated rings. The molecule has 0 bridgehead atoms. The molecule has 0 aliphatic carbocycles. The Morgan fingerprint density at radius 2 is 1.88 bits per heavy atom. The summed E-state index contributed by atoms with van der Waals surface area (Å²) < 4.78 is 0. The second-order valence-corrected chi connectivity index (χ2v) is 4.51. The van der Waals surface area contributed by atoms with Crippen molar-refractivity contribution in [1.82, 2.24) is 0 Å². The number of aliphatic imine (C=N–C) groups is 1. The monoisotopic (exact) mass is 251 g/mol. The van der Waals surface area contributed by atoms with E-state index in [0.717, 1.165) is 35.4 Å². The largest absolute Gasteiger partial charge is 0.266 e. The minimum Gasteiger partial charge on any atom is -0.266 e. The van der Waals surface area contributed by atoms with Crippen LogP contribution in [-0.2, 0) is 0 Å². The third kappa shape index (κ3) is 5.92. The molecule has 0 amide bonds. The van der Waals surface area contributed by atoms with Crippen LogP contribution in [0.4, 0.5) is 0 Å². The van der Waals surface area contributed by atoms with Gasteiger partial charge in [-0.25, -0.2) is 0 Å². The summed E-state index contributed by atoms with van der Waals surface area (Å²) >= 11 is 4.63. The Morgan fingerprint density at radius 3 is 2.35 bits per heavy atom. The maximum Gasteiger partial charge on any atom is 0.0451 e. The zero-order chi connectivity index (χ0) is 13.3. The highest BCUT2D eigenvalue weighted by Gasteiger charge is 2.04. The molecule has 0 atom stereocenters. The fraction of sp³-hybridized carbons (Fsp3) is 0.533. The normalized spacial score (nSPS) is 15.4. The van der Waals surface area contributed by atoms with Crippen molar-refractivity contribution in [3.8, 4) is 0 Å². The van der Waals surface area contributed by atoms with Crippen LogP contribution in [0.2, 0.25) is 0 Å². The standard InChI is InChI=1S/C15H25NS/c1-6-9-10-11-14(13(5)16-8-3)15(17)12(4)7-2/h8,10-11,17H,6-7,9H2,1-5H3/b11-10-,14-13-,15-12-,16-8?. The first-order valence-electron chi connectivity index (χ1n) is 6.33. The van der Waals surface area contributed by atoms with Gasteiger partial charge in [0.05, 0.1) is 0 Å². The Labute approximate surface area is 112 Å². The lowest BCUT2D eigenvalue weighted by Gasteiger charge is -2.08. The van der Waals surface area contributed by atoms with E-state index in [4.69, 9.17) is 0 Å². The SMILES string of the molecule is CC=N/C(C)=C(/C=C\CCC)C(\S)=C(/C)CC. The van der Waals surface area contributed by atoms with Crippen LogP contribution in [0.15, 0.2) is 38.9 Å². The van der Waals surface area contributed by atoms with Crippen molar-refractivity contribution in [2.45, 2.75) is 53.9 Å². The van der Waals surface area contributed by atoms with E-state index < -0.39 is 0 Å². The molecule has 0 spiro atoms. The van der Waals surface area contributed by atoms with Gasteiger partial charge < -0.3 is 0 Å². The molecular formula is C15H25NS. The van der Waals surface area contributed by atoms with Crippen LogP contribution >= 0.6 is 12.6 Å². The lowest BCUT2D eigenvalue weighted by atomic mass is 10.1. The lowest BCUT2D eigenvalue weighted by Crippen LogP contribution is -1.89. The third-order valence-corrected chi connectivity index (χ3v) is 3.26. The van der Waals surface area contributed by atoms with Crippen molar-refractivity contribution < 1.29 is 0 Å². The van der Waals surface area contributed by atoms with Gasteiger partial charge in [-0.2, -0.15) is 0 Å². The topological polar surface area (TPSA) is 12.4 Å². The predicted molar refractivity (Wildman–Crippen MR) is 82.9 cm³/mol. The average molecular weight is 251 g/mol. The van der Waals surface area contributed by atoms with E-state index in [1.807, 2.05) is 20.1 Å². The van der Waals surface area contributed by atoms with Crippen molar-refractivity contribution in [3.63, 3.8) is 0 Å². The molecule has 0 N–H and O–H groups in total. The molecule has 0 aromatic rings. The van der Waals surface area contributed by atoms with Crippen LogP contribution in [0.1, 0.15) is 53.9 Å². The minimum absolute atomic E-state index is 1.02. The van der Waals surface area contributed by atoms with Gasteiger partial charge in [-0.1, -0.05) is 38.0 Å². The molecule has 0 saturated carbocycles. The van der Waals surface area contributed by atoms with E-state index in [1.54, 1.807) is 0 Å². The lowest BCUT2D eigenvalue weighted by molar-refractivity contribution is 0.957. The van der Waals surface area contributed by atoms with Gasteiger partial charge in [0.2, 0.25) is 0 Å². The molecule has 0 unspecified atom stereocenters. The summed E-state index contributed by atoms with van der Waals surface area (Å²) in [6.45, 7) is 10.4. The summed E-state index contributed by atoms with van der Waals surface area (Å²) in [6.07, 6.45) is 9.45. The zero-order valence-corrected chi connectivity index (χ0v) is 12.6. The van der Waals surface area contributed by atoms with Gasteiger partial charge in [0, 0.05) is 22.4 Å². The number of nitrogens with zero attached hydrogens (tertiary/aromatic N) is 1. The first kappa shape index (κ1) is 16.2. The number of rotatable bonds is 6. The van der Waals surface area contributed by atoms with Crippen LogP contribution in [-0.4, -0.2) is 6.21 Å². The molecule has 0 saturated heterocycles. The summed E-state index contributed by atoms with van der Waals surface area (Å²) in [4.78, 5) is 5.42. The highest BCUT2D eigenvalue weighted by molar-refractivity contribution is 7.84. The van der Waals surface area contributed by atoms with E-state index >= 15 is 0 Å². The van der Waals surface area contributed by atoms with Gasteiger partial charge in [-0.05, 0) is 33.6 Å². The Balaban J connectivity index is 5.34. The highest BCUT2D eigenvalue weighted by atomic mass is 32.1. The molecule has 17 heavy (non-hydrogen) atoms. The maximum absolute atomic E-state index is 4.63. The fourth-order valence-electron chi connectivity index (χ4n) is 1.40. The average Bonchev–Trinajstić information content (AvgIpc) is 2.33. The van der Waals surface area contributed by atoms with Crippen LogP contribution < -0.4 is 0 Å². The van der Waals surface area contributed by atoms with E-state index in [9.17, 15) is 0 Å². The van der Waals surface area contributed by atoms with Crippen molar-refractivity contribution in [1.29, 1.82) is 0 Å². The van der Waals surface area contributed by atoms with Crippen LogP contribution in [0.3, 0.4) is 0 Å². The molecule has 0 rings (SSSR count). The zero-order valence-electron chi connectivity index (χ0n) is 11.7. The minimum atomic E-state index is 1.02. The summed E-state index contributed by atoms with van der Waals surface area (Å²) in [5, 5.41) is 0. The first-order valence-corrected chi connectivity index (χ1v) is 6.78. The molecule has 1 nitrogen and oxygen atoms in total. The molecule has 0 aliphatic rings. The summed E-state index contributed by atoms with van der Waals surface area (Å²) in [5.41, 5.74) is 3.46. The van der Waals surface area contributed by atoms with E-state index in [2.05, 4.69) is 50.5 Å². The molecule has 0 radical (unpaired) electrons. The number of hydrogen-bond acceptors (Lipinski definition) is 2. The van der Waals surface area contributed by atoms with Crippen LogP contribution in [0.5, 0.6) is 0 Å². The van der Waals surface area contributed by atoms with Crippen molar-refractivity contribution in [3.05, 3.63) is 33.9 Å². The van der Waals surface area contributed by atoms with E-state index in [1.165, 1.54) is 5.57 Å². The summed E-state index contributed by atoms with van der Waals surface area (Å²) in [5.74, 6) is 0. The molecule has 0 aromatic carbocycles. The summed E-state index contributed by atoms with van der Waals surface area (Å²) in [6, 6.07) is 0. The number of allylic oxidation sites excluding steroid dienone is 5. The Hall–Kier alpha value is -0.760. The predicted octanol–water partition coefficient (Wildman–Crippen LogP) is 5.32. The van der Waals surface area contributed by atoms with Gasteiger partial charge in [-0.3, -0.25) is 4.99 Å². The summed E-state index contributed by atoms with van der Waals surface area (Å²) in [7, 11) is 0. The highest BCUT2D eigenvalue weighted by Crippen LogP contribution is 2.25. The first-order chi connectivity index (χ1) is 8.08. The Bertz CT molecular complexity index is 346. The van der Waals surface area contributed by atoms with Crippen molar-refractivity contribution >= 4 is 18.8 Å². The number of hydrogen-bond donors (Lipinski definition) is 1. The van der Waals surface area contributed by atoms with Crippen molar-refractivity contribution in [2.24, 2.45) is 4.99 Å². The Kier molecular flexibility index (Phi) is 8.87. The second-order valence-electron chi connectivity index (χ2n) is 4.06. The van der Waals surface area contributed by atoms with Gasteiger partial charge in [-0.15, -0.1) is 12.6 Å². The maximum atomic E-state index is 4.63.